The molecule has 2 N–H and O–H groups in total. The molecule has 0 radical (unpaired) electrons. The molecule has 2 aromatic heterocycles. The Morgan fingerprint density at radius 2 is 2.24 bits per heavy atom. The van der Waals surface area contributed by atoms with Crippen LogP contribution in [0, 0.1) is 6.92 Å². The van der Waals surface area contributed by atoms with Gasteiger partial charge in [-0.05, 0) is 12.8 Å². The second-order valence-corrected chi connectivity index (χ2v) is 5.29. The lowest BCUT2D eigenvalue weighted by Crippen LogP contribution is -2.09. The van der Waals surface area contributed by atoms with Crippen molar-refractivity contribution in [2.75, 3.05) is 5.73 Å². The highest BCUT2D eigenvalue weighted by atomic mass is 32.1. The number of hydrogen-bond acceptors (Lipinski definition) is 5. The van der Waals surface area contributed by atoms with E-state index in [0.717, 1.165) is 24.4 Å². The molecule has 0 aromatic carbocycles. The highest BCUT2D eigenvalue weighted by Gasteiger charge is 2.14. The first kappa shape index (κ1) is 12.0. The number of nitrogens with two attached hydrogens (primary N) is 1. The van der Waals surface area contributed by atoms with E-state index >= 15 is 0 Å². The molecule has 6 heteroatoms. The maximum absolute atomic E-state index is 5.82. The van der Waals surface area contributed by atoms with E-state index in [1.54, 1.807) is 11.3 Å². The summed E-state index contributed by atoms with van der Waals surface area (Å²) in [5.74, 6) is 0.883. The molecule has 17 heavy (non-hydrogen) atoms. The number of nitrogen functional groups attached to an aromatic ring is 1. The van der Waals surface area contributed by atoms with Gasteiger partial charge in [0.05, 0.1) is 16.9 Å². The second-order valence-electron chi connectivity index (χ2n) is 4.35. The van der Waals surface area contributed by atoms with Crippen molar-refractivity contribution in [2.24, 2.45) is 0 Å². The zero-order chi connectivity index (χ0) is 12.4. The SMILES string of the molecule is Cc1ncsc1CCn1nnc(N)c1C(C)C. The van der Waals surface area contributed by atoms with Crippen LogP contribution in [0.25, 0.3) is 0 Å². The summed E-state index contributed by atoms with van der Waals surface area (Å²) in [5.41, 5.74) is 9.82. The average molecular weight is 251 g/mol. The van der Waals surface area contributed by atoms with Gasteiger partial charge in [-0.2, -0.15) is 0 Å². The monoisotopic (exact) mass is 251 g/mol. The second kappa shape index (κ2) is 4.83. The van der Waals surface area contributed by atoms with E-state index in [1.807, 2.05) is 17.1 Å². The maximum atomic E-state index is 5.82. The van der Waals surface area contributed by atoms with Gasteiger partial charge < -0.3 is 5.73 Å². The fourth-order valence-electron chi connectivity index (χ4n) is 1.87. The lowest BCUT2D eigenvalue weighted by Gasteiger charge is -2.09. The molecule has 0 unspecified atom stereocenters. The Kier molecular flexibility index (Phi) is 3.42. The van der Waals surface area contributed by atoms with E-state index in [2.05, 4.69) is 29.1 Å². The zero-order valence-corrected chi connectivity index (χ0v) is 11.2. The molecule has 0 aliphatic rings. The average Bonchev–Trinajstić information content (AvgIpc) is 2.82. The van der Waals surface area contributed by atoms with E-state index in [1.165, 1.54) is 4.88 Å². The first-order chi connectivity index (χ1) is 8.09. The molecule has 0 aliphatic carbocycles. The number of hydrogen-bond donors (Lipinski definition) is 1. The zero-order valence-electron chi connectivity index (χ0n) is 10.3. The van der Waals surface area contributed by atoms with Crippen LogP contribution in [0.3, 0.4) is 0 Å². The summed E-state index contributed by atoms with van der Waals surface area (Å²) in [6.07, 6.45) is 0.930. The molecule has 0 saturated carbocycles. The summed E-state index contributed by atoms with van der Waals surface area (Å²) >= 11 is 1.69. The number of thiazole rings is 1. The Balaban J connectivity index is 2.12. The molecule has 5 nitrogen and oxygen atoms in total. The first-order valence-electron chi connectivity index (χ1n) is 5.67. The van der Waals surface area contributed by atoms with Gasteiger partial charge in [-0.1, -0.05) is 19.1 Å². The van der Waals surface area contributed by atoms with E-state index in [0.29, 0.717) is 11.7 Å². The molecule has 0 atom stereocenters. The van der Waals surface area contributed by atoms with Crippen LogP contribution >= 0.6 is 11.3 Å². The molecule has 2 heterocycles. The van der Waals surface area contributed by atoms with Gasteiger partial charge in [-0.3, -0.25) is 0 Å². The summed E-state index contributed by atoms with van der Waals surface area (Å²) in [6, 6.07) is 0. The largest absolute Gasteiger partial charge is 0.381 e. The van der Waals surface area contributed by atoms with Crippen molar-refractivity contribution in [3.8, 4) is 0 Å². The molecule has 0 spiro atoms. The van der Waals surface area contributed by atoms with Crippen LogP contribution in [0.2, 0.25) is 0 Å². The molecule has 0 fully saturated rings. The van der Waals surface area contributed by atoms with Crippen LogP contribution in [0.1, 0.15) is 36.0 Å². The fraction of sp³-hybridized carbons (Fsp3) is 0.545. The summed E-state index contributed by atoms with van der Waals surface area (Å²) in [4.78, 5) is 5.54. The van der Waals surface area contributed by atoms with Gasteiger partial charge in [0.15, 0.2) is 5.82 Å². The van der Waals surface area contributed by atoms with Crippen LogP contribution in [0.4, 0.5) is 5.82 Å². The van der Waals surface area contributed by atoms with E-state index in [4.69, 9.17) is 5.73 Å². The van der Waals surface area contributed by atoms with Gasteiger partial charge in [-0.25, -0.2) is 9.67 Å². The molecular weight excluding hydrogens is 234 g/mol. The minimum Gasteiger partial charge on any atom is -0.381 e. The van der Waals surface area contributed by atoms with Crippen LogP contribution < -0.4 is 5.73 Å². The minimum absolute atomic E-state index is 0.340. The van der Waals surface area contributed by atoms with Gasteiger partial charge in [0.2, 0.25) is 0 Å². The Labute approximate surface area is 105 Å². The molecular formula is C11H17N5S. The quantitative estimate of drug-likeness (QED) is 0.902. The highest BCUT2D eigenvalue weighted by molar-refractivity contribution is 7.09. The van der Waals surface area contributed by atoms with E-state index < -0.39 is 0 Å². The van der Waals surface area contributed by atoms with Crippen molar-refractivity contribution in [1.82, 2.24) is 20.0 Å². The third-order valence-electron chi connectivity index (χ3n) is 2.74. The van der Waals surface area contributed by atoms with Crippen molar-refractivity contribution in [3.63, 3.8) is 0 Å². The van der Waals surface area contributed by atoms with Crippen molar-refractivity contribution in [3.05, 3.63) is 21.8 Å². The van der Waals surface area contributed by atoms with Gasteiger partial charge >= 0.3 is 0 Å². The van der Waals surface area contributed by atoms with E-state index in [-0.39, 0.29) is 0 Å². The Morgan fingerprint density at radius 1 is 1.47 bits per heavy atom. The van der Waals surface area contributed by atoms with E-state index in [9.17, 15) is 0 Å². The maximum Gasteiger partial charge on any atom is 0.169 e. The van der Waals surface area contributed by atoms with Gasteiger partial charge in [0.25, 0.3) is 0 Å². The molecule has 0 bridgehead atoms. The Hall–Kier alpha value is -1.43. The van der Waals surface area contributed by atoms with Crippen molar-refractivity contribution < 1.29 is 0 Å². The van der Waals surface area contributed by atoms with Crippen LogP contribution in [0.5, 0.6) is 0 Å². The molecule has 92 valence electrons. The summed E-state index contributed by atoms with van der Waals surface area (Å²) in [7, 11) is 0. The molecule has 0 aliphatic heterocycles. The summed E-state index contributed by atoms with van der Waals surface area (Å²) in [5, 5.41) is 8.03. The van der Waals surface area contributed by atoms with Crippen molar-refractivity contribution in [1.29, 1.82) is 0 Å². The van der Waals surface area contributed by atoms with Crippen LogP contribution in [-0.4, -0.2) is 20.0 Å². The van der Waals surface area contributed by atoms with Crippen LogP contribution in [-0.2, 0) is 13.0 Å². The smallest absolute Gasteiger partial charge is 0.169 e. The lowest BCUT2D eigenvalue weighted by molar-refractivity contribution is 0.551. The molecule has 0 saturated heterocycles. The number of aryl methyl sites for hydroxylation is 3. The predicted molar refractivity (Wildman–Crippen MR) is 69.1 cm³/mol. The molecule has 2 rings (SSSR count). The summed E-state index contributed by atoms with van der Waals surface area (Å²) in [6.45, 7) is 7.04. The number of aromatic nitrogens is 4. The molecule has 2 aromatic rings. The third-order valence-corrected chi connectivity index (χ3v) is 3.74. The van der Waals surface area contributed by atoms with Gasteiger partial charge in [0.1, 0.15) is 0 Å². The van der Waals surface area contributed by atoms with Crippen LogP contribution in [0.15, 0.2) is 5.51 Å². The Morgan fingerprint density at radius 3 is 2.82 bits per heavy atom. The van der Waals surface area contributed by atoms with Crippen molar-refractivity contribution in [2.45, 2.75) is 39.7 Å². The first-order valence-corrected chi connectivity index (χ1v) is 6.55. The lowest BCUT2D eigenvalue weighted by atomic mass is 10.1. The predicted octanol–water partition coefficient (Wildman–Crippen LogP) is 1.99. The highest BCUT2D eigenvalue weighted by Crippen LogP contribution is 2.20. The Bertz CT molecular complexity index is 500. The van der Waals surface area contributed by atoms with Crippen molar-refractivity contribution >= 4 is 17.2 Å². The van der Waals surface area contributed by atoms with Gasteiger partial charge in [-0.15, -0.1) is 16.4 Å². The minimum atomic E-state index is 0.340. The standard InChI is InChI=1S/C11H17N5S/c1-7(2)10-11(12)14-15-16(10)5-4-9-8(3)13-6-17-9/h6-7H,4-5,12H2,1-3H3. The topological polar surface area (TPSA) is 69.6 Å². The van der Waals surface area contributed by atoms with Gasteiger partial charge in [0, 0.05) is 17.8 Å². The molecule has 0 amide bonds. The normalized spacial score (nSPS) is 11.3. The number of rotatable bonds is 4. The number of nitrogens with zero attached hydrogens (tertiary/aromatic N) is 4. The number of anilines is 1. The summed E-state index contributed by atoms with van der Waals surface area (Å²) < 4.78 is 1.90. The fourth-order valence-corrected chi connectivity index (χ4v) is 2.64. The third kappa shape index (κ3) is 2.46.